The third-order valence-electron chi connectivity index (χ3n) is 3.97. The molecular formula is C18H17Cl2FN4OS. The summed E-state index contributed by atoms with van der Waals surface area (Å²) in [5.74, 6) is -0.584. The third-order valence-corrected chi connectivity index (χ3v) is 5.61. The van der Waals surface area contributed by atoms with Gasteiger partial charge in [0, 0.05) is 25.2 Å². The summed E-state index contributed by atoms with van der Waals surface area (Å²) >= 11 is 13.6. The van der Waals surface area contributed by atoms with Crippen molar-refractivity contribution in [1.29, 1.82) is 0 Å². The van der Waals surface area contributed by atoms with Gasteiger partial charge in [-0.2, -0.15) is 5.10 Å². The Morgan fingerprint density at radius 1 is 1.41 bits per heavy atom. The first-order valence-electron chi connectivity index (χ1n) is 8.10. The number of aryl methyl sites for hydroxylation is 1. The van der Waals surface area contributed by atoms with Gasteiger partial charge in [-0.05, 0) is 30.2 Å². The van der Waals surface area contributed by atoms with E-state index in [4.69, 9.17) is 28.9 Å². The molecular weight excluding hydrogens is 410 g/mol. The van der Waals surface area contributed by atoms with Crippen LogP contribution in [0.1, 0.15) is 15.2 Å². The molecule has 0 spiro atoms. The number of hydrogen-bond donors (Lipinski definition) is 2. The molecule has 1 unspecified atom stereocenters. The average Bonchev–Trinajstić information content (AvgIpc) is 3.15. The van der Waals surface area contributed by atoms with E-state index in [1.54, 1.807) is 29.9 Å². The minimum atomic E-state index is -0.336. The van der Waals surface area contributed by atoms with Gasteiger partial charge < -0.3 is 11.1 Å². The van der Waals surface area contributed by atoms with Crippen molar-refractivity contribution in [2.45, 2.75) is 12.5 Å². The van der Waals surface area contributed by atoms with Crippen molar-refractivity contribution in [3.05, 3.63) is 62.1 Å². The van der Waals surface area contributed by atoms with Gasteiger partial charge in [0.05, 0.1) is 21.8 Å². The molecule has 3 N–H and O–H groups in total. The van der Waals surface area contributed by atoms with Gasteiger partial charge in [0.2, 0.25) is 0 Å². The van der Waals surface area contributed by atoms with Gasteiger partial charge in [-0.3, -0.25) is 9.48 Å². The van der Waals surface area contributed by atoms with E-state index in [0.717, 1.165) is 16.9 Å². The lowest BCUT2D eigenvalue weighted by atomic mass is 10.1. The summed E-state index contributed by atoms with van der Waals surface area (Å²) in [6.07, 6.45) is 1.98. The van der Waals surface area contributed by atoms with Crippen molar-refractivity contribution < 1.29 is 9.18 Å². The van der Waals surface area contributed by atoms with E-state index in [9.17, 15) is 9.18 Å². The van der Waals surface area contributed by atoms with Crippen LogP contribution in [0.3, 0.4) is 0 Å². The molecule has 0 radical (unpaired) electrons. The van der Waals surface area contributed by atoms with Crippen molar-refractivity contribution in [3.8, 4) is 11.3 Å². The number of carbonyl (C=O) groups excluding carboxylic acids is 1. The molecule has 27 heavy (non-hydrogen) atoms. The minimum Gasteiger partial charge on any atom is -0.350 e. The van der Waals surface area contributed by atoms with E-state index in [1.165, 1.54) is 18.3 Å². The first kappa shape index (κ1) is 19.8. The standard InChI is InChI=1S/C18H17Cl2FN4OS/c1-25-16(14(19)9-24-25)13-7-15(27-17(13)20)18(26)23-8-12(22)6-10-3-2-4-11(21)5-10/h2-5,7,9,12H,6,8,22H2,1H3,(H,23,26). The van der Waals surface area contributed by atoms with Crippen LogP contribution in [0.15, 0.2) is 36.5 Å². The Labute approximate surface area is 169 Å². The Hall–Kier alpha value is -1.93. The molecule has 1 amide bonds. The quantitative estimate of drug-likeness (QED) is 0.627. The molecule has 9 heteroatoms. The number of amides is 1. The lowest BCUT2D eigenvalue weighted by molar-refractivity contribution is 0.0955. The molecule has 1 atom stereocenters. The first-order chi connectivity index (χ1) is 12.8. The molecule has 2 heterocycles. The Balaban J connectivity index is 1.64. The highest BCUT2D eigenvalue weighted by Crippen LogP contribution is 2.38. The monoisotopic (exact) mass is 426 g/mol. The second-order valence-electron chi connectivity index (χ2n) is 6.07. The van der Waals surface area contributed by atoms with Crippen molar-refractivity contribution in [2.24, 2.45) is 12.8 Å². The summed E-state index contributed by atoms with van der Waals surface area (Å²) in [6.45, 7) is 0.257. The van der Waals surface area contributed by atoms with E-state index in [0.29, 0.717) is 31.9 Å². The molecule has 2 aromatic heterocycles. The maximum absolute atomic E-state index is 13.2. The number of halogens is 3. The van der Waals surface area contributed by atoms with Crippen LogP contribution in [0.4, 0.5) is 4.39 Å². The summed E-state index contributed by atoms with van der Waals surface area (Å²) in [6, 6.07) is 7.59. The molecule has 0 aliphatic rings. The second-order valence-corrected chi connectivity index (χ2v) is 8.13. The van der Waals surface area contributed by atoms with Gasteiger partial charge in [0.25, 0.3) is 5.91 Å². The molecule has 0 aliphatic carbocycles. The number of benzene rings is 1. The van der Waals surface area contributed by atoms with Crippen molar-refractivity contribution in [2.75, 3.05) is 6.54 Å². The lowest BCUT2D eigenvalue weighted by Gasteiger charge is -2.12. The largest absolute Gasteiger partial charge is 0.350 e. The van der Waals surface area contributed by atoms with Crippen LogP contribution < -0.4 is 11.1 Å². The van der Waals surface area contributed by atoms with Crippen LogP contribution in [0.25, 0.3) is 11.3 Å². The fourth-order valence-electron chi connectivity index (χ4n) is 2.71. The molecule has 1 aromatic carbocycles. The van der Waals surface area contributed by atoms with Crippen LogP contribution >= 0.6 is 34.5 Å². The number of thiophene rings is 1. The van der Waals surface area contributed by atoms with Crippen molar-refractivity contribution >= 4 is 40.4 Å². The Bertz CT molecular complexity index is 953. The van der Waals surface area contributed by atoms with Gasteiger partial charge in [0.15, 0.2) is 0 Å². The zero-order valence-electron chi connectivity index (χ0n) is 14.4. The highest BCUT2D eigenvalue weighted by atomic mass is 35.5. The molecule has 3 aromatic rings. The predicted molar refractivity (Wildman–Crippen MR) is 107 cm³/mol. The average molecular weight is 427 g/mol. The van der Waals surface area contributed by atoms with E-state index >= 15 is 0 Å². The molecule has 0 saturated heterocycles. The summed E-state index contributed by atoms with van der Waals surface area (Å²) in [7, 11) is 1.75. The lowest BCUT2D eigenvalue weighted by Crippen LogP contribution is -2.38. The van der Waals surface area contributed by atoms with Crippen molar-refractivity contribution in [3.63, 3.8) is 0 Å². The summed E-state index contributed by atoms with van der Waals surface area (Å²) in [5.41, 5.74) is 8.13. The van der Waals surface area contributed by atoms with Crippen LogP contribution in [-0.2, 0) is 13.5 Å². The highest BCUT2D eigenvalue weighted by molar-refractivity contribution is 7.18. The van der Waals surface area contributed by atoms with E-state index < -0.39 is 0 Å². The van der Waals surface area contributed by atoms with Gasteiger partial charge in [-0.15, -0.1) is 11.3 Å². The topological polar surface area (TPSA) is 72.9 Å². The Morgan fingerprint density at radius 3 is 2.85 bits per heavy atom. The molecule has 0 bridgehead atoms. The summed E-state index contributed by atoms with van der Waals surface area (Å²) in [5, 5.41) is 7.33. The van der Waals surface area contributed by atoms with Crippen molar-refractivity contribution in [1.82, 2.24) is 15.1 Å². The Kier molecular flexibility index (Phi) is 6.16. The maximum Gasteiger partial charge on any atom is 0.261 e. The predicted octanol–water partition coefficient (Wildman–Crippen LogP) is 3.89. The van der Waals surface area contributed by atoms with Crippen LogP contribution in [0, 0.1) is 5.82 Å². The number of aromatic nitrogens is 2. The highest BCUT2D eigenvalue weighted by Gasteiger charge is 2.19. The van der Waals surface area contributed by atoms with E-state index in [2.05, 4.69) is 10.4 Å². The number of nitrogens with zero attached hydrogens (tertiary/aromatic N) is 2. The van der Waals surface area contributed by atoms with Crippen LogP contribution in [-0.4, -0.2) is 28.3 Å². The number of nitrogens with one attached hydrogen (secondary N) is 1. The normalized spacial score (nSPS) is 12.2. The molecule has 0 saturated carbocycles. The fraction of sp³-hybridized carbons (Fsp3) is 0.222. The number of carbonyl (C=O) groups is 1. The second kappa shape index (κ2) is 8.39. The van der Waals surface area contributed by atoms with E-state index in [-0.39, 0.29) is 24.3 Å². The van der Waals surface area contributed by atoms with Crippen LogP contribution in [0.5, 0.6) is 0 Å². The zero-order valence-corrected chi connectivity index (χ0v) is 16.7. The molecule has 0 fully saturated rings. The smallest absolute Gasteiger partial charge is 0.261 e. The first-order valence-corrected chi connectivity index (χ1v) is 9.68. The zero-order chi connectivity index (χ0) is 19.6. The van der Waals surface area contributed by atoms with Gasteiger partial charge in [-0.25, -0.2) is 4.39 Å². The van der Waals surface area contributed by atoms with Crippen LogP contribution in [0.2, 0.25) is 9.36 Å². The SMILES string of the molecule is Cn1ncc(Cl)c1-c1cc(C(=O)NCC(N)Cc2cccc(F)c2)sc1Cl. The fourth-order valence-corrected chi connectivity index (χ4v) is 4.17. The molecule has 5 nitrogen and oxygen atoms in total. The summed E-state index contributed by atoms with van der Waals surface area (Å²) < 4.78 is 15.3. The van der Waals surface area contributed by atoms with Gasteiger partial charge in [-0.1, -0.05) is 35.3 Å². The van der Waals surface area contributed by atoms with E-state index in [1.807, 2.05) is 0 Å². The molecule has 0 aliphatic heterocycles. The minimum absolute atomic E-state index is 0.257. The maximum atomic E-state index is 13.2. The van der Waals surface area contributed by atoms with Gasteiger partial charge >= 0.3 is 0 Å². The number of hydrogen-bond acceptors (Lipinski definition) is 4. The molecule has 142 valence electrons. The third kappa shape index (κ3) is 4.68. The molecule has 3 rings (SSSR count). The summed E-state index contributed by atoms with van der Waals surface area (Å²) in [4.78, 5) is 12.9. The van der Waals surface area contributed by atoms with Gasteiger partial charge in [0.1, 0.15) is 10.2 Å². The number of rotatable bonds is 6. The number of nitrogens with two attached hydrogens (primary N) is 1. The Morgan fingerprint density at radius 2 is 2.19 bits per heavy atom.